The van der Waals surface area contributed by atoms with Crippen molar-refractivity contribution >= 4 is 0 Å². The lowest BCUT2D eigenvalue weighted by Crippen LogP contribution is -2.39. The highest BCUT2D eigenvalue weighted by atomic mass is 15.2. The molecule has 1 aliphatic heterocycles. The van der Waals surface area contributed by atoms with Crippen LogP contribution in [0.25, 0.3) is 0 Å². The first-order valence-corrected chi connectivity index (χ1v) is 6.70. The molecule has 3 nitrogen and oxygen atoms in total. The number of rotatable bonds is 5. The fourth-order valence-corrected chi connectivity index (χ4v) is 2.48. The van der Waals surface area contributed by atoms with Crippen molar-refractivity contribution in [3.63, 3.8) is 0 Å². The molecule has 1 saturated heterocycles. The third-order valence-corrected chi connectivity index (χ3v) is 3.65. The summed E-state index contributed by atoms with van der Waals surface area (Å²) < 4.78 is 0. The number of hydrogen-bond donors (Lipinski definition) is 0. The molecule has 0 spiro atoms. The van der Waals surface area contributed by atoms with E-state index in [1.54, 1.807) is 0 Å². The lowest BCUT2D eigenvalue weighted by molar-refractivity contribution is 0.176. The van der Waals surface area contributed by atoms with Crippen molar-refractivity contribution < 1.29 is 0 Å². The molecule has 1 unspecified atom stereocenters. The van der Waals surface area contributed by atoms with Crippen LogP contribution in [0.5, 0.6) is 0 Å². The summed E-state index contributed by atoms with van der Waals surface area (Å²) in [6.07, 6.45) is 3.93. The summed E-state index contributed by atoms with van der Waals surface area (Å²) in [6.45, 7) is 8.58. The van der Waals surface area contributed by atoms with Crippen molar-refractivity contribution in [1.29, 1.82) is 0 Å². The van der Waals surface area contributed by atoms with E-state index in [1.165, 1.54) is 52.0 Å². The second kappa shape index (κ2) is 7.25. The van der Waals surface area contributed by atoms with Crippen LogP contribution < -0.4 is 0 Å². The number of likely N-dealkylation sites (N-methyl/N-ethyl adjacent to an activating group) is 1. The molecule has 16 heavy (non-hydrogen) atoms. The van der Waals surface area contributed by atoms with Gasteiger partial charge in [0, 0.05) is 19.1 Å². The Balaban J connectivity index is 2.38. The maximum absolute atomic E-state index is 2.70. The Labute approximate surface area is 101 Å². The van der Waals surface area contributed by atoms with Crippen LogP contribution in [0.4, 0.5) is 0 Å². The Hall–Kier alpha value is -0.120. The Morgan fingerprint density at radius 3 is 2.50 bits per heavy atom. The maximum Gasteiger partial charge on any atom is 0.0112 e. The van der Waals surface area contributed by atoms with Gasteiger partial charge in [-0.2, -0.15) is 0 Å². The van der Waals surface area contributed by atoms with Gasteiger partial charge in [0.25, 0.3) is 0 Å². The molecule has 1 atom stereocenters. The van der Waals surface area contributed by atoms with Gasteiger partial charge in [-0.05, 0) is 60.0 Å². The third kappa shape index (κ3) is 4.81. The summed E-state index contributed by atoms with van der Waals surface area (Å²) in [5.41, 5.74) is 0. The molecule has 0 bridgehead atoms. The highest BCUT2D eigenvalue weighted by Crippen LogP contribution is 2.12. The summed E-state index contributed by atoms with van der Waals surface area (Å²) in [5.74, 6) is 0. The van der Waals surface area contributed by atoms with E-state index >= 15 is 0 Å². The molecule has 0 saturated carbocycles. The zero-order chi connectivity index (χ0) is 12.0. The molecular weight excluding hydrogens is 198 g/mol. The first-order chi connectivity index (χ1) is 7.63. The quantitative estimate of drug-likeness (QED) is 0.702. The van der Waals surface area contributed by atoms with Crippen LogP contribution in [-0.4, -0.2) is 74.6 Å². The van der Waals surface area contributed by atoms with Gasteiger partial charge in [-0.1, -0.05) is 6.92 Å². The summed E-state index contributed by atoms with van der Waals surface area (Å²) in [5, 5.41) is 0. The average Bonchev–Trinajstić information content (AvgIpc) is 2.44. The normalized spacial score (nSPS) is 22.3. The van der Waals surface area contributed by atoms with Gasteiger partial charge in [0.05, 0.1) is 0 Å². The highest BCUT2D eigenvalue weighted by Gasteiger charge is 2.19. The van der Waals surface area contributed by atoms with Gasteiger partial charge in [-0.15, -0.1) is 0 Å². The first-order valence-electron chi connectivity index (χ1n) is 6.70. The van der Waals surface area contributed by atoms with Gasteiger partial charge in [-0.3, -0.25) is 4.90 Å². The predicted octanol–water partition coefficient (Wildman–Crippen LogP) is 1.35. The lowest BCUT2D eigenvalue weighted by Gasteiger charge is -2.30. The van der Waals surface area contributed by atoms with Crippen molar-refractivity contribution in [3.05, 3.63) is 0 Å². The minimum Gasteiger partial charge on any atom is -0.309 e. The Morgan fingerprint density at radius 2 is 1.88 bits per heavy atom. The summed E-state index contributed by atoms with van der Waals surface area (Å²) in [4.78, 5) is 7.46. The van der Waals surface area contributed by atoms with E-state index in [2.05, 4.69) is 42.8 Å². The fourth-order valence-electron chi connectivity index (χ4n) is 2.48. The first kappa shape index (κ1) is 13.9. The monoisotopic (exact) mass is 227 g/mol. The zero-order valence-electron chi connectivity index (χ0n) is 11.6. The third-order valence-electron chi connectivity index (χ3n) is 3.65. The molecule has 1 fully saturated rings. The van der Waals surface area contributed by atoms with Crippen LogP contribution in [-0.2, 0) is 0 Å². The molecule has 0 amide bonds. The molecule has 1 rings (SSSR count). The second-order valence-electron chi connectivity index (χ2n) is 5.35. The maximum atomic E-state index is 2.70. The molecule has 0 aromatic rings. The Morgan fingerprint density at radius 1 is 1.12 bits per heavy atom. The van der Waals surface area contributed by atoms with E-state index in [9.17, 15) is 0 Å². The SMILES string of the molecule is CCC(CCN(C)C)N1CCCN(C)CC1. The highest BCUT2D eigenvalue weighted by molar-refractivity contribution is 4.75. The van der Waals surface area contributed by atoms with E-state index in [-0.39, 0.29) is 0 Å². The van der Waals surface area contributed by atoms with Crippen LogP contribution in [0.2, 0.25) is 0 Å². The Kier molecular flexibility index (Phi) is 6.32. The number of nitrogens with zero attached hydrogens (tertiary/aromatic N) is 3. The smallest absolute Gasteiger partial charge is 0.0112 e. The van der Waals surface area contributed by atoms with Crippen molar-refractivity contribution in [2.24, 2.45) is 0 Å². The van der Waals surface area contributed by atoms with Gasteiger partial charge >= 0.3 is 0 Å². The van der Waals surface area contributed by atoms with Gasteiger partial charge < -0.3 is 9.80 Å². The van der Waals surface area contributed by atoms with Crippen LogP contribution in [0.1, 0.15) is 26.2 Å². The molecule has 1 heterocycles. The Bertz CT molecular complexity index is 182. The summed E-state index contributed by atoms with van der Waals surface area (Å²) in [6, 6.07) is 0.786. The van der Waals surface area contributed by atoms with Crippen LogP contribution >= 0.6 is 0 Å². The van der Waals surface area contributed by atoms with E-state index in [1.807, 2.05) is 0 Å². The molecule has 0 aromatic carbocycles. The van der Waals surface area contributed by atoms with Crippen molar-refractivity contribution in [3.8, 4) is 0 Å². The molecule has 1 aliphatic rings. The molecule has 96 valence electrons. The van der Waals surface area contributed by atoms with Gasteiger partial charge in [0.15, 0.2) is 0 Å². The largest absolute Gasteiger partial charge is 0.309 e. The van der Waals surface area contributed by atoms with Crippen molar-refractivity contribution in [2.75, 3.05) is 53.9 Å². The predicted molar refractivity (Wildman–Crippen MR) is 70.9 cm³/mol. The minimum absolute atomic E-state index is 0.786. The van der Waals surface area contributed by atoms with E-state index in [0.717, 1.165) is 6.04 Å². The number of hydrogen-bond acceptors (Lipinski definition) is 3. The molecular formula is C13H29N3. The summed E-state index contributed by atoms with van der Waals surface area (Å²) >= 11 is 0. The molecule has 3 heteroatoms. The van der Waals surface area contributed by atoms with Crippen molar-refractivity contribution in [1.82, 2.24) is 14.7 Å². The molecule has 0 aromatic heterocycles. The topological polar surface area (TPSA) is 9.72 Å². The van der Waals surface area contributed by atoms with Gasteiger partial charge in [0.1, 0.15) is 0 Å². The fraction of sp³-hybridized carbons (Fsp3) is 1.00. The lowest BCUT2D eigenvalue weighted by atomic mass is 10.1. The van der Waals surface area contributed by atoms with E-state index in [0.29, 0.717) is 0 Å². The van der Waals surface area contributed by atoms with Crippen molar-refractivity contribution in [2.45, 2.75) is 32.2 Å². The van der Waals surface area contributed by atoms with Gasteiger partial charge in [-0.25, -0.2) is 0 Å². The molecule has 0 radical (unpaired) electrons. The molecule has 0 N–H and O–H groups in total. The van der Waals surface area contributed by atoms with Crippen LogP contribution in [0.15, 0.2) is 0 Å². The second-order valence-corrected chi connectivity index (χ2v) is 5.35. The van der Waals surface area contributed by atoms with Crippen LogP contribution in [0.3, 0.4) is 0 Å². The minimum atomic E-state index is 0.786. The summed E-state index contributed by atoms with van der Waals surface area (Å²) in [7, 11) is 6.58. The van der Waals surface area contributed by atoms with E-state index < -0.39 is 0 Å². The van der Waals surface area contributed by atoms with Gasteiger partial charge in [0.2, 0.25) is 0 Å². The molecule has 0 aliphatic carbocycles. The standard InChI is InChI=1S/C13H29N3/c1-5-13(7-10-14(2)3)16-9-6-8-15(4)11-12-16/h13H,5-12H2,1-4H3. The van der Waals surface area contributed by atoms with Crippen LogP contribution in [0, 0.1) is 0 Å². The average molecular weight is 227 g/mol. The van der Waals surface area contributed by atoms with E-state index in [4.69, 9.17) is 0 Å². The zero-order valence-corrected chi connectivity index (χ0v) is 11.6.